The van der Waals surface area contributed by atoms with E-state index in [1.807, 2.05) is 57.5 Å². The van der Waals surface area contributed by atoms with Crippen LogP contribution in [0.2, 0.25) is 0 Å². The highest BCUT2D eigenvalue weighted by atomic mass is 16.5. The zero-order valence-electron chi connectivity index (χ0n) is 21.8. The summed E-state index contributed by atoms with van der Waals surface area (Å²) in [7, 11) is 1.95. The van der Waals surface area contributed by atoms with Gasteiger partial charge in [-0.15, -0.1) is 0 Å². The maximum atomic E-state index is 13.9. The number of aryl methyl sites for hydroxylation is 1. The smallest absolute Gasteiger partial charge is 0.258 e. The molecule has 2 saturated heterocycles. The van der Waals surface area contributed by atoms with Gasteiger partial charge in [0.15, 0.2) is 12.3 Å². The van der Waals surface area contributed by atoms with Crippen LogP contribution in [0.15, 0.2) is 30.3 Å². The molecule has 3 aliphatic rings. The Balaban J connectivity index is 1.46. The van der Waals surface area contributed by atoms with Crippen LogP contribution in [0.5, 0.6) is 5.75 Å². The second-order valence-corrected chi connectivity index (χ2v) is 10.4. The van der Waals surface area contributed by atoms with E-state index < -0.39 is 0 Å². The van der Waals surface area contributed by atoms with Gasteiger partial charge in [-0.1, -0.05) is 11.6 Å². The van der Waals surface area contributed by atoms with E-state index in [0.29, 0.717) is 49.7 Å². The van der Waals surface area contributed by atoms with Gasteiger partial charge in [0.05, 0.1) is 23.4 Å². The largest absolute Gasteiger partial charge is 0.483 e. The summed E-state index contributed by atoms with van der Waals surface area (Å²) in [6.45, 7) is 4.41. The number of carbonyl (C=O) groups excluding carboxylic acids is 2. The number of hydrogen-bond acceptors (Lipinski definition) is 8. The molecule has 200 valence electrons. The summed E-state index contributed by atoms with van der Waals surface area (Å²) in [5, 5.41) is 17.7. The molecular formula is C27H33N7O4. The van der Waals surface area contributed by atoms with Gasteiger partial charge in [-0.3, -0.25) is 9.59 Å². The van der Waals surface area contributed by atoms with Crippen molar-refractivity contribution in [1.82, 2.24) is 24.8 Å². The average Bonchev–Trinajstić information content (AvgIpc) is 3.33. The van der Waals surface area contributed by atoms with Gasteiger partial charge in [0.2, 0.25) is 0 Å². The van der Waals surface area contributed by atoms with Gasteiger partial charge in [0.25, 0.3) is 11.8 Å². The van der Waals surface area contributed by atoms with E-state index in [-0.39, 0.29) is 30.6 Å². The van der Waals surface area contributed by atoms with Gasteiger partial charge in [0.1, 0.15) is 17.4 Å². The Morgan fingerprint density at radius 1 is 1.11 bits per heavy atom. The van der Waals surface area contributed by atoms with Gasteiger partial charge in [-0.05, 0) is 38.3 Å². The van der Waals surface area contributed by atoms with Crippen molar-refractivity contribution in [3.05, 3.63) is 47.2 Å². The van der Waals surface area contributed by atoms with E-state index in [4.69, 9.17) is 14.8 Å². The van der Waals surface area contributed by atoms with Crippen molar-refractivity contribution in [3.63, 3.8) is 0 Å². The number of rotatable bonds is 1. The van der Waals surface area contributed by atoms with E-state index in [1.54, 1.807) is 6.07 Å². The van der Waals surface area contributed by atoms with Gasteiger partial charge < -0.3 is 29.9 Å². The Morgan fingerprint density at radius 2 is 1.95 bits per heavy atom. The van der Waals surface area contributed by atoms with E-state index in [9.17, 15) is 14.7 Å². The molecule has 0 saturated carbocycles. The van der Waals surface area contributed by atoms with Crippen molar-refractivity contribution in [2.24, 2.45) is 0 Å². The van der Waals surface area contributed by atoms with E-state index in [1.165, 1.54) is 0 Å². The quantitative estimate of drug-likeness (QED) is 0.498. The zero-order valence-corrected chi connectivity index (χ0v) is 21.8. The number of benzene rings is 1. The number of nitrogens with one attached hydrogen (secondary N) is 1. The molecule has 1 unspecified atom stereocenters. The highest BCUT2D eigenvalue weighted by Crippen LogP contribution is 2.35. The molecule has 0 spiro atoms. The number of aromatic nitrogens is 3. The summed E-state index contributed by atoms with van der Waals surface area (Å²) >= 11 is 0. The number of anilines is 2. The van der Waals surface area contributed by atoms with Crippen LogP contribution >= 0.6 is 0 Å². The fourth-order valence-electron chi connectivity index (χ4n) is 5.45. The molecule has 3 aromatic rings. The minimum atomic E-state index is -0.352. The summed E-state index contributed by atoms with van der Waals surface area (Å²) < 4.78 is 7.67. The van der Waals surface area contributed by atoms with Gasteiger partial charge >= 0.3 is 0 Å². The fraction of sp³-hybridized carbons (Fsp3) is 0.481. The number of β-amino-alcohol motifs (C(OH)–C–C–N with tert-alkyl or cyclic N) is 1. The molecule has 2 amide bonds. The van der Waals surface area contributed by atoms with Crippen LogP contribution in [0.4, 0.5) is 11.6 Å². The van der Waals surface area contributed by atoms with Crippen molar-refractivity contribution >= 4 is 29.1 Å². The molecule has 0 aliphatic carbocycles. The second kappa shape index (κ2) is 9.79. The number of fused-ring (bicyclic) bond motifs is 4. The summed E-state index contributed by atoms with van der Waals surface area (Å²) in [5.41, 5.74) is 2.89. The summed E-state index contributed by atoms with van der Waals surface area (Å²) in [6, 6.07) is 9.22. The van der Waals surface area contributed by atoms with Crippen LogP contribution in [0.3, 0.4) is 0 Å². The molecule has 6 rings (SSSR count). The van der Waals surface area contributed by atoms with Crippen LogP contribution in [-0.4, -0.2) is 88.9 Å². The van der Waals surface area contributed by atoms with Crippen LogP contribution in [0.25, 0.3) is 5.65 Å². The van der Waals surface area contributed by atoms with Crippen molar-refractivity contribution < 1.29 is 19.4 Å². The molecule has 2 bridgehead atoms. The fourth-order valence-corrected chi connectivity index (χ4v) is 5.45. The number of aliphatic hydroxyl groups is 1. The molecule has 2 aromatic heterocycles. The third kappa shape index (κ3) is 4.51. The normalized spacial score (nSPS) is 21.1. The lowest BCUT2D eigenvalue weighted by Crippen LogP contribution is -2.51. The molecule has 3 aliphatic heterocycles. The third-order valence-electron chi connectivity index (χ3n) is 7.59. The molecule has 11 heteroatoms. The molecule has 1 aromatic carbocycles. The van der Waals surface area contributed by atoms with Gasteiger partial charge in [-0.2, -0.15) is 9.61 Å². The summed E-state index contributed by atoms with van der Waals surface area (Å²) in [6.07, 6.45) is 2.36. The molecule has 1 atom stereocenters. The molecule has 2 fully saturated rings. The van der Waals surface area contributed by atoms with Crippen molar-refractivity contribution in [2.75, 3.05) is 56.2 Å². The van der Waals surface area contributed by atoms with E-state index >= 15 is 0 Å². The minimum Gasteiger partial charge on any atom is -0.483 e. The molecule has 0 radical (unpaired) electrons. The molecule has 38 heavy (non-hydrogen) atoms. The topological polar surface area (TPSA) is 116 Å². The lowest BCUT2D eigenvalue weighted by molar-refractivity contribution is -0.123. The second-order valence-electron chi connectivity index (χ2n) is 10.4. The van der Waals surface area contributed by atoms with Crippen LogP contribution in [0, 0.1) is 6.92 Å². The van der Waals surface area contributed by atoms with Crippen molar-refractivity contribution in [2.45, 2.75) is 38.3 Å². The average molecular weight is 520 g/mol. The number of hydrogen-bond donors (Lipinski definition) is 2. The van der Waals surface area contributed by atoms with Crippen LogP contribution in [0.1, 0.15) is 46.9 Å². The number of amides is 2. The van der Waals surface area contributed by atoms with E-state index in [0.717, 1.165) is 42.2 Å². The molecular weight excluding hydrogens is 486 g/mol. The van der Waals surface area contributed by atoms with Crippen molar-refractivity contribution in [1.29, 1.82) is 0 Å². The first kappa shape index (κ1) is 24.5. The first-order chi connectivity index (χ1) is 18.4. The predicted octanol–water partition coefficient (Wildman–Crippen LogP) is 1.53. The minimum absolute atomic E-state index is 0.126. The first-order valence-corrected chi connectivity index (χ1v) is 13.2. The molecule has 2 N–H and O–H groups in total. The van der Waals surface area contributed by atoms with Crippen LogP contribution in [-0.2, 0) is 4.79 Å². The Hall–Kier alpha value is -3.86. The van der Waals surface area contributed by atoms with Gasteiger partial charge in [0, 0.05) is 51.9 Å². The number of carbonyl (C=O) groups is 2. The van der Waals surface area contributed by atoms with Crippen molar-refractivity contribution in [3.8, 4) is 5.75 Å². The molecule has 5 heterocycles. The Bertz CT molecular complexity index is 1380. The molecule has 11 nitrogen and oxygen atoms in total. The maximum Gasteiger partial charge on any atom is 0.258 e. The predicted molar refractivity (Wildman–Crippen MR) is 142 cm³/mol. The SMILES string of the molecule is Cc1ccc2c(c1)C(=O)N1CCCCC1c1cc3nc(N4CC(O)C4)cc(n3n1)N(C)CCNC(=O)CO2. The first-order valence-electron chi connectivity index (χ1n) is 13.2. The number of ether oxygens (including phenoxy) is 1. The maximum absolute atomic E-state index is 13.9. The number of likely N-dealkylation sites (N-methyl/N-ethyl adjacent to an activating group) is 1. The number of nitrogens with zero attached hydrogens (tertiary/aromatic N) is 6. The Kier molecular flexibility index (Phi) is 6.30. The number of aliphatic hydroxyl groups excluding tert-OH is 1. The Labute approximate surface area is 221 Å². The summed E-state index contributed by atoms with van der Waals surface area (Å²) in [5.74, 6) is 1.62. The third-order valence-corrected chi connectivity index (χ3v) is 7.59. The zero-order chi connectivity index (χ0) is 26.4. The lowest BCUT2D eigenvalue weighted by atomic mass is 9.97. The van der Waals surface area contributed by atoms with Crippen LogP contribution < -0.4 is 19.9 Å². The monoisotopic (exact) mass is 519 g/mol. The highest BCUT2D eigenvalue weighted by Gasteiger charge is 2.33. The summed E-state index contributed by atoms with van der Waals surface area (Å²) in [4.78, 5) is 37.3. The van der Waals surface area contributed by atoms with E-state index in [2.05, 4.69) is 5.32 Å². The highest BCUT2D eigenvalue weighted by molar-refractivity contribution is 5.97. The Morgan fingerprint density at radius 3 is 2.76 bits per heavy atom. The standard InChI is InChI=1S/C27H33N7O4/c1-17-6-7-22-19(11-17)27(37)33-9-4-3-5-21(33)20-12-24-29-23(32-14-18(35)15-32)13-26(34(24)30-20)31(2)10-8-28-25(36)16-38-22/h6-7,11-13,18,21,35H,3-5,8-10,14-16H2,1-2H3,(H,28,36). The lowest BCUT2D eigenvalue weighted by Gasteiger charge is -2.37. The number of piperidine rings is 1. The van der Waals surface area contributed by atoms with Gasteiger partial charge in [-0.25, -0.2) is 4.98 Å².